The third kappa shape index (κ3) is 5.68. The smallest absolute Gasteiger partial charge is 0.408 e. The zero-order valence-electron chi connectivity index (χ0n) is 16.1. The topological polar surface area (TPSA) is 47.6 Å². The highest BCUT2D eigenvalue weighted by atomic mass is 16.6. The molecule has 144 valence electrons. The summed E-state index contributed by atoms with van der Waals surface area (Å²) in [4.78, 5) is 12.3. The van der Waals surface area contributed by atoms with E-state index in [0.29, 0.717) is 13.2 Å². The molecule has 2 aromatic carbocycles. The van der Waals surface area contributed by atoms with Gasteiger partial charge in [-0.25, -0.2) is 0 Å². The number of rotatable bonds is 9. The van der Waals surface area contributed by atoms with Gasteiger partial charge in [0.15, 0.2) is 0 Å². The molecule has 0 bridgehead atoms. The highest BCUT2D eigenvalue weighted by Crippen LogP contribution is 2.16. The number of hydrogen-bond acceptors (Lipinski definition) is 3. The van der Waals surface area contributed by atoms with E-state index >= 15 is 0 Å². The molecule has 0 aromatic heterocycles. The van der Waals surface area contributed by atoms with Gasteiger partial charge in [-0.1, -0.05) is 73.8 Å². The maximum atomic E-state index is 12.3. The van der Waals surface area contributed by atoms with Crippen LogP contribution in [0.15, 0.2) is 61.7 Å². The fourth-order valence-electron chi connectivity index (χ4n) is 3.11. The van der Waals surface area contributed by atoms with Gasteiger partial charge in [0.2, 0.25) is 5.91 Å². The van der Waals surface area contributed by atoms with Crippen LogP contribution < -0.4 is 5.32 Å². The Balaban J connectivity index is 1.37. The molecule has 28 heavy (non-hydrogen) atoms. The van der Waals surface area contributed by atoms with Crippen LogP contribution in [0.2, 0.25) is 6.32 Å². The molecule has 1 fully saturated rings. The summed E-state index contributed by atoms with van der Waals surface area (Å²) < 4.78 is 11.4. The molecule has 4 nitrogen and oxygen atoms in total. The van der Waals surface area contributed by atoms with Crippen LogP contribution in [0.4, 0.5) is 0 Å². The van der Waals surface area contributed by atoms with Crippen LogP contribution in [0.1, 0.15) is 22.3 Å². The van der Waals surface area contributed by atoms with Gasteiger partial charge >= 0.3 is 7.12 Å². The molecule has 1 N–H and O–H groups in total. The van der Waals surface area contributed by atoms with Gasteiger partial charge in [0.25, 0.3) is 0 Å². The Kier molecular flexibility index (Phi) is 7.23. The fraction of sp³-hybridized carbons (Fsp3) is 0.261. The third-order valence-electron chi connectivity index (χ3n) is 4.85. The zero-order valence-corrected chi connectivity index (χ0v) is 16.1. The summed E-state index contributed by atoms with van der Waals surface area (Å²) >= 11 is 0. The average Bonchev–Trinajstić information content (AvgIpc) is 3.22. The molecular weight excluding hydrogens is 349 g/mol. The lowest BCUT2D eigenvalue weighted by Crippen LogP contribution is -2.37. The molecule has 2 aromatic rings. The molecule has 1 amide bonds. The maximum Gasteiger partial charge on any atom is 0.457 e. The van der Waals surface area contributed by atoms with Gasteiger partial charge in [0, 0.05) is 6.54 Å². The van der Waals surface area contributed by atoms with Crippen molar-refractivity contribution in [3.8, 4) is 0 Å². The molecule has 1 atom stereocenters. The van der Waals surface area contributed by atoms with Crippen LogP contribution in [-0.4, -0.2) is 32.3 Å². The van der Waals surface area contributed by atoms with Gasteiger partial charge in [-0.15, -0.1) is 0 Å². The summed E-state index contributed by atoms with van der Waals surface area (Å²) in [6, 6.07) is 16.4. The molecule has 0 spiro atoms. The van der Waals surface area contributed by atoms with Gasteiger partial charge < -0.3 is 14.6 Å². The molecule has 1 saturated heterocycles. The van der Waals surface area contributed by atoms with E-state index in [9.17, 15) is 4.79 Å². The molecule has 0 aliphatic carbocycles. The van der Waals surface area contributed by atoms with E-state index in [1.165, 1.54) is 11.1 Å². The molecule has 1 unspecified atom stereocenters. The standard InChI is InChI=1S/C23H26BNO3/c1-3-18-5-9-20(10-6-18)13-15-24-27-17-22(28-24)23(26)25-16-14-21-11-7-19(4-2)8-12-21/h3-12,22H,1-2,13-17H2,(H,25,26). The molecule has 3 rings (SSSR count). The first-order chi connectivity index (χ1) is 13.7. The van der Waals surface area contributed by atoms with E-state index in [0.717, 1.165) is 30.3 Å². The van der Waals surface area contributed by atoms with Crippen LogP contribution in [0.5, 0.6) is 0 Å². The Morgan fingerprint density at radius 1 is 1.00 bits per heavy atom. The zero-order chi connectivity index (χ0) is 19.8. The van der Waals surface area contributed by atoms with E-state index in [2.05, 4.69) is 42.7 Å². The molecule has 0 saturated carbocycles. The minimum Gasteiger partial charge on any atom is -0.408 e. The Bertz CT molecular complexity index is 802. The van der Waals surface area contributed by atoms with Gasteiger partial charge in [0.05, 0.1) is 6.61 Å². The normalized spacial score (nSPS) is 16.0. The van der Waals surface area contributed by atoms with Crippen molar-refractivity contribution in [1.82, 2.24) is 5.32 Å². The van der Waals surface area contributed by atoms with Crippen molar-refractivity contribution in [1.29, 1.82) is 0 Å². The fourth-order valence-corrected chi connectivity index (χ4v) is 3.11. The average molecular weight is 375 g/mol. The predicted molar refractivity (Wildman–Crippen MR) is 115 cm³/mol. The summed E-state index contributed by atoms with van der Waals surface area (Å²) in [7, 11) is -0.332. The third-order valence-corrected chi connectivity index (χ3v) is 4.85. The summed E-state index contributed by atoms with van der Waals surface area (Å²) in [5.74, 6) is -0.111. The van der Waals surface area contributed by atoms with E-state index < -0.39 is 6.10 Å². The molecule has 1 aliphatic heterocycles. The summed E-state index contributed by atoms with van der Waals surface area (Å²) in [6.07, 6.45) is 5.46. The van der Waals surface area contributed by atoms with Crippen molar-refractivity contribution in [2.75, 3.05) is 13.2 Å². The SMILES string of the molecule is C=Cc1ccc(CCNC(=O)C2COB(CCc3ccc(C=C)cc3)O2)cc1. The van der Waals surface area contributed by atoms with E-state index in [-0.39, 0.29) is 13.0 Å². The lowest BCUT2D eigenvalue weighted by Gasteiger charge is -2.11. The van der Waals surface area contributed by atoms with Crippen LogP contribution in [-0.2, 0) is 26.9 Å². The second-order valence-electron chi connectivity index (χ2n) is 6.86. The van der Waals surface area contributed by atoms with Gasteiger partial charge in [-0.05, 0) is 41.4 Å². The Morgan fingerprint density at radius 2 is 1.57 bits per heavy atom. The van der Waals surface area contributed by atoms with Crippen LogP contribution in [0, 0.1) is 0 Å². The van der Waals surface area contributed by atoms with Gasteiger partial charge in [-0.3, -0.25) is 4.79 Å². The largest absolute Gasteiger partial charge is 0.457 e. The minimum atomic E-state index is -0.531. The second-order valence-corrected chi connectivity index (χ2v) is 6.86. The number of benzene rings is 2. The first-order valence-corrected chi connectivity index (χ1v) is 9.65. The van der Waals surface area contributed by atoms with Crippen molar-refractivity contribution in [3.63, 3.8) is 0 Å². The molecule has 1 aliphatic rings. The van der Waals surface area contributed by atoms with E-state index in [1.807, 2.05) is 36.4 Å². The van der Waals surface area contributed by atoms with Crippen molar-refractivity contribution in [2.45, 2.75) is 25.3 Å². The Hall–Kier alpha value is -2.63. The van der Waals surface area contributed by atoms with Crippen LogP contribution in [0.3, 0.4) is 0 Å². The summed E-state index contributed by atoms with van der Waals surface area (Å²) in [5, 5.41) is 2.94. The number of aryl methyl sites for hydroxylation is 1. The lowest BCUT2D eigenvalue weighted by atomic mass is 9.82. The van der Waals surface area contributed by atoms with Gasteiger partial charge in [0.1, 0.15) is 6.10 Å². The number of carbonyl (C=O) groups is 1. The Labute approximate surface area is 167 Å². The van der Waals surface area contributed by atoms with Crippen molar-refractivity contribution in [3.05, 3.63) is 83.9 Å². The summed E-state index contributed by atoms with van der Waals surface area (Å²) in [6.45, 7) is 8.39. The maximum absolute atomic E-state index is 12.3. The van der Waals surface area contributed by atoms with Crippen LogP contribution in [0.25, 0.3) is 12.2 Å². The van der Waals surface area contributed by atoms with E-state index in [4.69, 9.17) is 9.31 Å². The number of nitrogens with one attached hydrogen (secondary N) is 1. The lowest BCUT2D eigenvalue weighted by molar-refractivity contribution is -0.127. The molecular formula is C23H26BNO3. The van der Waals surface area contributed by atoms with Crippen molar-refractivity contribution in [2.24, 2.45) is 0 Å². The highest BCUT2D eigenvalue weighted by Gasteiger charge is 2.34. The number of carbonyl (C=O) groups excluding carboxylic acids is 1. The first-order valence-electron chi connectivity index (χ1n) is 9.65. The summed E-state index contributed by atoms with van der Waals surface area (Å²) in [5.41, 5.74) is 4.58. The van der Waals surface area contributed by atoms with Gasteiger partial charge in [-0.2, -0.15) is 0 Å². The highest BCUT2D eigenvalue weighted by molar-refractivity contribution is 6.45. The van der Waals surface area contributed by atoms with Crippen molar-refractivity contribution >= 4 is 25.2 Å². The number of amides is 1. The van der Waals surface area contributed by atoms with Crippen LogP contribution >= 0.6 is 0 Å². The molecule has 5 heteroatoms. The van der Waals surface area contributed by atoms with Crippen molar-refractivity contribution < 1.29 is 14.1 Å². The number of hydrogen-bond donors (Lipinski definition) is 1. The predicted octanol–water partition coefficient (Wildman–Crippen LogP) is 3.78. The molecule has 0 radical (unpaired) electrons. The monoisotopic (exact) mass is 375 g/mol. The molecule has 1 heterocycles. The second kappa shape index (κ2) is 10.1. The first kappa shape index (κ1) is 20.1. The Morgan fingerprint density at radius 3 is 2.14 bits per heavy atom. The minimum absolute atomic E-state index is 0.111. The van der Waals surface area contributed by atoms with E-state index in [1.54, 1.807) is 0 Å². The quantitative estimate of drug-likeness (QED) is 0.679.